The average Bonchev–Trinajstić information content (AvgIpc) is 2.83. The maximum absolute atomic E-state index is 13.2. The third-order valence-electron chi connectivity index (χ3n) is 6.96. The number of carbonyl (C=O) groups excluding carboxylic acids is 4. The van der Waals surface area contributed by atoms with E-state index in [0.29, 0.717) is 24.4 Å². The Morgan fingerprint density at radius 1 is 1.06 bits per heavy atom. The van der Waals surface area contributed by atoms with Crippen LogP contribution in [0.4, 0.5) is 5.69 Å². The van der Waals surface area contributed by atoms with Gasteiger partial charge < -0.3 is 25.8 Å². The maximum Gasteiger partial charge on any atom is 0.254 e. The third-order valence-corrected chi connectivity index (χ3v) is 6.96. The van der Waals surface area contributed by atoms with E-state index in [1.54, 1.807) is 17.0 Å². The number of amides is 4. The number of benzene rings is 1. The van der Waals surface area contributed by atoms with Crippen LogP contribution in [0.15, 0.2) is 24.3 Å². The lowest BCUT2D eigenvalue weighted by Crippen LogP contribution is -2.62. The summed E-state index contributed by atoms with van der Waals surface area (Å²) >= 11 is 0. The van der Waals surface area contributed by atoms with Gasteiger partial charge in [0.15, 0.2) is 0 Å². The Morgan fingerprint density at radius 2 is 1.71 bits per heavy atom. The number of nitrogens with two attached hydrogens (primary N) is 1. The molecule has 9 heteroatoms. The molecule has 1 saturated carbocycles. The molecule has 0 radical (unpaired) electrons. The van der Waals surface area contributed by atoms with Gasteiger partial charge in [0, 0.05) is 45.4 Å². The molecule has 1 aliphatic carbocycles. The largest absolute Gasteiger partial charge is 0.378 e. The number of carbonyl (C=O) groups is 4. The summed E-state index contributed by atoms with van der Waals surface area (Å²) in [6.07, 6.45) is 6.00. The zero-order valence-electron chi connectivity index (χ0n) is 20.5. The highest BCUT2D eigenvalue weighted by atomic mass is 16.2. The minimum atomic E-state index is -0.871. The van der Waals surface area contributed by atoms with Gasteiger partial charge in [0.1, 0.15) is 12.1 Å². The lowest BCUT2D eigenvalue weighted by Gasteiger charge is -2.40. The first-order valence-corrected chi connectivity index (χ1v) is 12.1. The molecule has 2 fully saturated rings. The van der Waals surface area contributed by atoms with Crippen molar-refractivity contribution in [3.8, 4) is 0 Å². The molecule has 34 heavy (non-hydrogen) atoms. The molecule has 4 amide bonds. The van der Waals surface area contributed by atoms with E-state index in [-0.39, 0.29) is 24.9 Å². The quantitative estimate of drug-likeness (QED) is 0.623. The summed E-state index contributed by atoms with van der Waals surface area (Å²) in [6, 6.07) is 5.60. The van der Waals surface area contributed by atoms with Crippen LogP contribution in [0.25, 0.3) is 0 Å². The van der Waals surface area contributed by atoms with E-state index in [4.69, 9.17) is 5.73 Å². The molecule has 0 aromatic heterocycles. The van der Waals surface area contributed by atoms with Crippen LogP contribution in [0.2, 0.25) is 0 Å². The van der Waals surface area contributed by atoms with Crippen LogP contribution in [0.1, 0.15) is 55.8 Å². The molecule has 1 heterocycles. The Bertz CT molecular complexity index is 895. The Kier molecular flexibility index (Phi) is 8.52. The fourth-order valence-electron chi connectivity index (χ4n) is 4.92. The number of nitrogens with zero attached hydrogens (tertiary/aromatic N) is 3. The van der Waals surface area contributed by atoms with Crippen molar-refractivity contribution in [2.45, 2.75) is 57.5 Å². The summed E-state index contributed by atoms with van der Waals surface area (Å²) in [7, 11) is 3.85. The van der Waals surface area contributed by atoms with Gasteiger partial charge in [0.2, 0.25) is 17.7 Å². The second-order valence-corrected chi connectivity index (χ2v) is 9.62. The third kappa shape index (κ3) is 6.27. The highest BCUT2D eigenvalue weighted by Crippen LogP contribution is 2.27. The second-order valence-electron chi connectivity index (χ2n) is 9.62. The van der Waals surface area contributed by atoms with Gasteiger partial charge in [-0.3, -0.25) is 19.2 Å². The van der Waals surface area contributed by atoms with Gasteiger partial charge in [-0.1, -0.05) is 32.1 Å². The first kappa shape index (κ1) is 25.5. The monoisotopic (exact) mass is 471 g/mol. The van der Waals surface area contributed by atoms with Gasteiger partial charge in [0.05, 0.1) is 6.54 Å². The number of anilines is 1. The predicted octanol–water partition coefficient (Wildman–Crippen LogP) is 1.37. The van der Waals surface area contributed by atoms with Crippen LogP contribution in [0.5, 0.6) is 0 Å². The normalized spacial score (nSPS) is 19.9. The molecule has 0 spiro atoms. The molecule has 2 atom stereocenters. The van der Waals surface area contributed by atoms with Crippen molar-refractivity contribution < 1.29 is 19.2 Å². The highest BCUT2D eigenvalue weighted by Gasteiger charge is 2.37. The van der Waals surface area contributed by atoms with Crippen molar-refractivity contribution in [3.63, 3.8) is 0 Å². The molecule has 9 nitrogen and oxygen atoms in total. The number of hydrogen-bond donors (Lipinski definition) is 2. The van der Waals surface area contributed by atoms with Crippen molar-refractivity contribution in [2.75, 3.05) is 38.6 Å². The minimum Gasteiger partial charge on any atom is -0.378 e. The van der Waals surface area contributed by atoms with Crippen LogP contribution in [-0.4, -0.2) is 79.2 Å². The lowest BCUT2D eigenvalue weighted by atomic mass is 9.84. The standard InChI is InChI=1S/C25H37N5O4/c1-17(31)30-14-13-29(25(34)19-9-11-20(12-10-19)28(2)3)16-22(30)24(33)27-21(23(26)32)15-18-7-5-4-6-8-18/h9-12,18,21-22H,4-8,13-16H2,1-3H3,(H2,26,32)(H,27,33)/t21-,22-/m0/s1. The smallest absolute Gasteiger partial charge is 0.254 e. The molecular formula is C25H37N5O4. The minimum absolute atomic E-state index is 0.0641. The first-order chi connectivity index (χ1) is 16.2. The maximum atomic E-state index is 13.2. The summed E-state index contributed by atoms with van der Waals surface area (Å²) in [4.78, 5) is 55.7. The van der Waals surface area contributed by atoms with E-state index in [2.05, 4.69) is 5.32 Å². The van der Waals surface area contributed by atoms with Crippen LogP contribution >= 0.6 is 0 Å². The summed E-state index contributed by atoms with van der Waals surface area (Å²) in [6.45, 7) is 2.05. The van der Waals surface area contributed by atoms with Crippen molar-refractivity contribution in [1.82, 2.24) is 15.1 Å². The van der Waals surface area contributed by atoms with Gasteiger partial charge >= 0.3 is 0 Å². The molecule has 1 aromatic carbocycles. The van der Waals surface area contributed by atoms with E-state index < -0.39 is 23.9 Å². The topological polar surface area (TPSA) is 116 Å². The van der Waals surface area contributed by atoms with Gasteiger partial charge in [-0.05, 0) is 36.6 Å². The van der Waals surface area contributed by atoms with Crippen molar-refractivity contribution >= 4 is 29.3 Å². The second kappa shape index (κ2) is 11.4. The van der Waals surface area contributed by atoms with Crippen molar-refractivity contribution in [2.24, 2.45) is 11.7 Å². The molecule has 3 N–H and O–H groups in total. The van der Waals surface area contributed by atoms with Crippen molar-refractivity contribution in [3.05, 3.63) is 29.8 Å². The number of piperazine rings is 1. The van der Waals surface area contributed by atoms with Gasteiger partial charge in [-0.15, -0.1) is 0 Å². The fourth-order valence-corrected chi connectivity index (χ4v) is 4.92. The molecule has 186 valence electrons. The number of nitrogens with one attached hydrogen (secondary N) is 1. The summed E-state index contributed by atoms with van der Waals surface area (Å²) in [5.74, 6) is -1.11. The van der Waals surface area contributed by atoms with E-state index in [1.807, 2.05) is 31.1 Å². The predicted molar refractivity (Wildman–Crippen MR) is 130 cm³/mol. The van der Waals surface area contributed by atoms with Crippen LogP contribution in [0, 0.1) is 5.92 Å². The van der Waals surface area contributed by atoms with Crippen LogP contribution in [-0.2, 0) is 14.4 Å². The van der Waals surface area contributed by atoms with Gasteiger partial charge in [-0.2, -0.15) is 0 Å². The first-order valence-electron chi connectivity index (χ1n) is 12.1. The SMILES string of the molecule is CC(=O)N1CCN(C(=O)c2ccc(N(C)C)cc2)C[C@H]1C(=O)N[C@@H](CC1CCCCC1)C(N)=O. The van der Waals surface area contributed by atoms with Crippen molar-refractivity contribution in [1.29, 1.82) is 0 Å². The Morgan fingerprint density at radius 3 is 2.26 bits per heavy atom. The molecule has 0 bridgehead atoms. The van der Waals surface area contributed by atoms with E-state index in [9.17, 15) is 19.2 Å². The van der Waals surface area contributed by atoms with E-state index >= 15 is 0 Å². The fraction of sp³-hybridized carbons (Fsp3) is 0.600. The molecule has 2 aliphatic rings. The lowest BCUT2D eigenvalue weighted by molar-refractivity contribution is -0.142. The van der Waals surface area contributed by atoms with Gasteiger partial charge in [-0.25, -0.2) is 0 Å². The van der Waals surface area contributed by atoms with E-state index in [0.717, 1.165) is 31.4 Å². The zero-order chi connectivity index (χ0) is 24.8. The molecular weight excluding hydrogens is 434 g/mol. The summed E-state index contributed by atoms with van der Waals surface area (Å²) in [5, 5.41) is 2.79. The summed E-state index contributed by atoms with van der Waals surface area (Å²) in [5.41, 5.74) is 7.11. The Hall–Kier alpha value is -3.10. The molecule has 3 rings (SSSR count). The summed E-state index contributed by atoms with van der Waals surface area (Å²) < 4.78 is 0. The number of rotatable bonds is 7. The Labute approximate surface area is 201 Å². The zero-order valence-corrected chi connectivity index (χ0v) is 20.5. The Balaban J connectivity index is 1.71. The number of hydrogen-bond acceptors (Lipinski definition) is 5. The average molecular weight is 472 g/mol. The molecule has 1 aromatic rings. The van der Waals surface area contributed by atoms with Crippen LogP contribution in [0.3, 0.4) is 0 Å². The van der Waals surface area contributed by atoms with Gasteiger partial charge in [0.25, 0.3) is 5.91 Å². The number of primary amides is 1. The molecule has 1 aliphatic heterocycles. The highest BCUT2D eigenvalue weighted by molar-refractivity contribution is 5.96. The van der Waals surface area contributed by atoms with E-state index in [1.165, 1.54) is 18.2 Å². The van der Waals surface area contributed by atoms with Crippen LogP contribution < -0.4 is 16.0 Å². The molecule has 1 saturated heterocycles. The molecule has 0 unspecified atom stereocenters.